The highest BCUT2D eigenvalue weighted by atomic mass is 35.5. The molecule has 0 bridgehead atoms. The number of para-hydroxylation sites is 1. The lowest BCUT2D eigenvalue weighted by Gasteiger charge is -2.36. The normalized spacial score (nSPS) is 17.9. The minimum atomic E-state index is -3.79. The molecule has 50 heavy (non-hydrogen) atoms. The quantitative estimate of drug-likeness (QED) is 0.0964. The average Bonchev–Trinajstić information content (AvgIpc) is 3.49. The minimum absolute atomic E-state index is 0.0175. The van der Waals surface area contributed by atoms with Crippen LogP contribution in [0.1, 0.15) is 59.3 Å². The first-order chi connectivity index (χ1) is 24.1. The van der Waals surface area contributed by atoms with Crippen molar-refractivity contribution in [2.24, 2.45) is 17.8 Å². The van der Waals surface area contributed by atoms with Gasteiger partial charge in [-0.15, -0.1) is 0 Å². The van der Waals surface area contributed by atoms with Crippen molar-refractivity contribution < 1.29 is 22.7 Å². The van der Waals surface area contributed by atoms with Crippen molar-refractivity contribution in [3.8, 4) is 22.8 Å². The number of rotatable bonds is 13. The van der Waals surface area contributed by atoms with Crippen LogP contribution in [0.2, 0.25) is 5.02 Å². The van der Waals surface area contributed by atoms with Crippen LogP contribution in [-0.4, -0.2) is 36.6 Å². The second-order valence-electron chi connectivity index (χ2n) is 13.5. The van der Waals surface area contributed by atoms with Crippen LogP contribution in [0.5, 0.6) is 5.75 Å². The predicted molar refractivity (Wildman–Crippen MR) is 199 cm³/mol. The largest absolute Gasteiger partial charge is 0.491 e. The van der Waals surface area contributed by atoms with E-state index in [0.29, 0.717) is 65.6 Å². The number of sulfonamides is 1. The number of hydrogen-bond donors (Lipinski definition) is 1. The Morgan fingerprint density at radius 1 is 0.940 bits per heavy atom. The molecule has 4 aromatic carbocycles. The molecule has 1 saturated carbocycles. The number of nitrogens with one attached hydrogen (secondary N) is 1. The summed E-state index contributed by atoms with van der Waals surface area (Å²) in [7, 11) is -3.79. The van der Waals surface area contributed by atoms with Gasteiger partial charge in [0.05, 0.1) is 17.0 Å². The number of esters is 1. The van der Waals surface area contributed by atoms with Crippen LogP contribution in [0.3, 0.4) is 0 Å². The van der Waals surface area contributed by atoms with Crippen molar-refractivity contribution in [2.45, 2.75) is 70.3 Å². The second kappa shape index (κ2) is 15.7. The van der Waals surface area contributed by atoms with Gasteiger partial charge in [0.1, 0.15) is 23.2 Å². The standard InChI is InChI=1S/C40H44ClN3O5S/c1-27(2)34-24-15-28(3)26-37(34)49-38(45)14-7-8-25-48-36-13-9-12-35-39(36)42-40(29-10-5-4-6-11-29)44(35)32-20-18-31(19-21-32)43-50(46,47)33-22-16-30(41)17-23-33/h4-6,9-13,16-23,27-28,34,37,43H,7-8,14-15,24-26H2,1-3H3. The molecule has 1 N–H and O–H groups in total. The van der Waals surface area contributed by atoms with Gasteiger partial charge >= 0.3 is 5.97 Å². The number of carbonyl (C=O) groups excluding carboxylic acids is 1. The van der Waals surface area contributed by atoms with Crippen LogP contribution in [0.15, 0.2) is 102 Å². The molecule has 1 heterocycles. The van der Waals surface area contributed by atoms with Crippen molar-refractivity contribution >= 4 is 44.3 Å². The zero-order chi connectivity index (χ0) is 35.3. The van der Waals surface area contributed by atoms with Gasteiger partial charge < -0.3 is 9.47 Å². The first kappa shape index (κ1) is 35.5. The number of hydrogen-bond acceptors (Lipinski definition) is 6. The third kappa shape index (κ3) is 8.33. The summed E-state index contributed by atoms with van der Waals surface area (Å²) in [6, 6.07) is 28.9. The Morgan fingerprint density at radius 2 is 1.68 bits per heavy atom. The Hall–Kier alpha value is -4.34. The van der Waals surface area contributed by atoms with E-state index in [4.69, 9.17) is 26.1 Å². The fraction of sp³-hybridized carbons (Fsp3) is 0.350. The molecule has 1 aliphatic rings. The van der Waals surface area contributed by atoms with Gasteiger partial charge in [0.2, 0.25) is 0 Å². The number of ether oxygens (including phenoxy) is 2. The van der Waals surface area contributed by atoms with E-state index in [2.05, 4.69) is 25.5 Å². The lowest BCUT2D eigenvalue weighted by atomic mass is 9.75. The Morgan fingerprint density at radius 3 is 2.40 bits per heavy atom. The summed E-state index contributed by atoms with van der Waals surface area (Å²) >= 11 is 5.94. The summed E-state index contributed by atoms with van der Waals surface area (Å²) in [4.78, 5) is 17.9. The van der Waals surface area contributed by atoms with Crippen LogP contribution in [-0.2, 0) is 19.6 Å². The number of benzene rings is 4. The second-order valence-corrected chi connectivity index (χ2v) is 15.6. The topological polar surface area (TPSA) is 99.5 Å². The average molecular weight is 714 g/mol. The van der Waals surface area contributed by atoms with Crippen molar-refractivity contribution in [1.82, 2.24) is 9.55 Å². The number of aromatic nitrogens is 2. The van der Waals surface area contributed by atoms with E-state index < -0.39 is 10.0 Å². The van der Waals surface area contributed by atoms with Gasteiger partial charge in [0, 0.05) is 28.4 Å². The van der Waals surface area contributed by atoms with Gasteiger partial charge in [-0.05, 0) is 104 Å². The van der Waals surface area contributed by atoms with E-state index in [-0.39, 0.29) is 17.0 Å². The molecule has 5 aromatic rings. The Bertz CT molecular complexity index is 2010. The lowest BCUT2D eigenvalue weighted by molar-refractivity contribution is -0.156. The third-order valence-corrected chi connectivity index (χ3v) is 11.1. The highest BCUT2D eigenvalue weighted by molar-refractivity contribution is 7.92. The number of halogens is 1. The molecule has 1 aromatic heterocycles. The van der Waals surface area contributed by atoms with E-state index in [1.807, 2.05) is 65.2 Å². The summed E-state index contributed by atoms with van der Waals surface area (Å²) in [5.74, 6) is 2.79. The fourth-order valence-electron chi connectivity index (χ4n) is 6.77. The third-order valence-electron chi connectivity index (χ3n) is 9.46. The molecule has 0 aliphatic heterocycles. The number of carbonyl (C=O) groups is 1. The zero-order valence-corrected chi connectivity index (χ0v) is 30.3. The first-order valence-electron chi connectivity index (χ1n) is 17.4. The van der Waals surface area contributed by atoms with Gasteiger partial charge in [-0.3, -0.25) is 14.1 Å². The monoisotopic (exact) mass is 713 g/mol. The van der Waals surface area contributed by atoms with E-state index in [1.54, 1.807) is 24.3 Å². The summed E-state index contributed by atoms with van der Waals surface area (Å²) in [5, 5.41) is 0.463. The maximum absolute atomic E-state index is 13.0. The first-order valence-corrected chi connectivity index (χ1v) is 19.2. The van der Waals surface area contributed by atoms with Crippen LogP contribution in [0, 0.1) is 17.8 Å². The number of anilines is 1. The Balaban J connectivity index is 1.15. The van der Waals surface area contributed by atoms with E-state index in [0.717, 1.165) is 35.4 Å². The van der Waals surface area contributed by atoms with Crippen LogP contribution >= 0.6 is 11.6 Å². The van der Waals surface area contributed by atoms with Crippen LogP contribution < -0.4 is 9.46 Å². The van der Waals surface area contributed by atoms with Gasteiger partial charge in [-0.1, -0.05) is 75.2 Å². The van der Waals surface area contributed by atoms with Gasteiger partial charge in [0.25, 0.3) is 10.0 Å². The fourth-order valence-corrected chi connectivity index (χ4v) is 7.95. The highest BCUT2D eigenvalue weighted by Crippen LogP contribution is 2.36. The van der Waals surface area contributed by atoms with Gasteiger partial charge in [-0.25, -0.2) is 13.4 Å². The van der Waals surface area contributed by atoms with Crippen LogP contribution in [0.4, 0.5) is 5.69 Å². The maximum Gasteiger partial charge on any atom is 0.306 e. The van der Waals surface area contributed by atoms with Crippen molar-refractivity contribution in [3.05, 3.63) is 102 Å². The molecule has 262 valence electrons. The molecule has 6 rings (SSSR count). The van der Waals surface area contributed by atoms with E-state index in [1.165, 1.54) is 18.6 Å². The summed E-state index contributed by atoms with van der Waals surface area (Å²) in [6.45, 7) is 7.13. The van der Waals surface area contributed by atoms with Gasteiger partial charge in [-0.2, -0.15) is 0 Å². The Labute approximate surface area is 299 Å². The number of imidazole rings is 1. The van der Waals surface area contributed by atoms with E-state index in [9.17, 15) is 13.2 Å². The van der Waals surface area contributed by atoms with Gasteiger partial charge in [0.15, 0.2) is 0 Å². The van der Waals surface area contributed by atoms with E-state index >= 15 is 0 Å². The molecule has 0 radical (unpaired) electrons. The summed E-state index contributed by atoms with van der Waals surface area (Å²) in [5.41, 5.74) is 3.72. The predicted octanol–water partition coefficient (Wildman–Crippen LogP) is 9.70. The zero-order valence-electron chi connectivity index (χ0n) is 28.7. The van der Waals surface area contributed by atoms with Crippen molar-refractivity contribution in [1.29, 1.82) is 0 Å². The Kier molecular flexibility index (Phi) is 11.1. The molecule has 0 spiro atoms. The van der Waals surface area contributed by atoms with Crippen molar-refractivity contribution in [2.75, 3.05) is 11.3 Å². The van der Waals surface area contributed by atoms with Crippen molar-refractivity contribution in [3.63, 3.8) is 0 Å². The SMILES string of the molecule is CC1CCC(C(C)C)C(OC(=O)CCCCOc2cccc3c2nc(-c2ccccc2)n3-c2ccc(NS(=O)(=O)c3ccc(Cl)cc3)cc2)C1. The number of fused-ring (bicyclic) bond motifs is 1. The minimum Gasteiger partial charge on any atom is -0.491 e. The molecule has 8 nitrogen and oxygen atoms in total. The molecule has 3 atom stereocenters. The molecule has 0 saturated heterocycles. The highest BCUT2D eigenvalue weighted by Gasteiger charge is 2.33. The molecule has 10 heteroatoms. The molecule has 1 fully saturated rings. The molecular weight excluding hydrogens is 670 g/mol. The molecule has 3 unspecified atom stereocenters. The molecule has 0 amide bonds. The summed E-state index contributed by atoms with van der Waals surface area (Å²) < 4.78 is 42.8. The lowest BCUT2D eigenvalue weighted by Crippen LogP contribution is -2.35. The molecule has 1 aliphatic carbocycles. The smallest absolute Gasteiger partial charge is 0.306 e. The van der Waals surface area contributed by atoms with Crippen LogP contribution in [0.25, 0.3) is 28.1 Å². The summed E-state index contributed by atoms with van der Waals surface area (Å²) in [6.07, 6.45) is 5.06. The number of nitrogens with zero attached hydrogens (tertiary/aromatic N) is 2. The maximum atomic E-state index is 13.0. The molecular formula is C40H44ClN3O5S. The number of unbranched alkanes of at least 4 members (excludes halogenated alkanes) is 1.